The summed E-state index contributed by atoms with van der Waals surface area (Å²) >= 11 is 0. The van der Waals surface area contributed by atoms with Gasteiger partial charge in [0, 0.05) is 18.5 Å². The Bertz CT molecular complexity index is 992. The van der Waals surface area contributed by atoms with Crippen LogP contribution >= 0.6 is 0 Å². The van der Waals surface area contributed by atoms with Crippen molar-refractivity contribution in [3.63, 3.8) is 0 Å². The van der Waals surface area contributed by atoms with Crippen molar-refractivity contribution < 1.29 is 18.4 Å². The molecule has 3 rings (SSSR count). The Hall–Kier alpha value is -3.42. The first-order chi connectivity index (χ1) is 12.5. The summed E-state index contributed by atoms with van der Waals surface area (Å²) in [6.45, 7) is 0.315. The summed E-state index contributed by atoms with van der Waals surface area (Å²) in [5.74, 6) is -1.87. The molecule has 2 N–H and O–H groups in total. The lowest BCUT2D eigenvalue weighted by Gasteiger charge is -2.07. The highest BCUT2D eigenvalue weighted by Gasteiger charge is 2.10. The van der Waals surface area contributed by atoms with Gasteiger partial charge in [-0.1, -0.05) is 12.1 Å². The quantitative estimate of drug-likeness (QED) is 0.683. The van der Waals surface area contributed by atoms with Gasteiger partial charge in [0.1, 0.15) is 5.82 Å². The van der Waals surface area contributed by atoms with Crippen LogP contribution in [0.5, 0.6) is 0 Å². The molecule has 0 aliphatic carbocycles. The van der Waals surface area contributed by atoms with E-state index >= 15 is 0 Å². The molecular weight excluding hydrogens is 341 g/mol. The van der Waals surface area contributed by atoms with E-state index in [-0.39, 0.29) is 12.0 Å². The molecule has 26 heavy (non-hydrogen) atoms. The number of aryl methyl sites for hydroxylation is 1. The largest absolute Gasteiger partial charge is 0.419 e. The van der Waals surface area contributed by atoms with Crippen LogP contribution in [-0.2, 0) is 11.3 Å². The van der Waals surface area contributed by atoms with Crippen molar-refractivity contribution in [2.24, 2.45) is 0 Å². The third-order valence-electron chi connectivity index (χ3n) is 3.78. The highest BCUT2D eigenvalue weighted by molar-refractivity contribution is 5.95. The molecule has 0 saturated carbocycles. The van der Waals surface area contributed by atoms with Crippen LogP contribution in [0, 0.1) is 5.82 Å². The van der Waals surface area contributed by atoms with E-state index in [2.05, 4.69) is 10.9 Å². The maximum atomic E-state index is 12.8. The van der Waals surface area contributed by atoms with E-state index in [9.17, 15) is 18.8 Å². The van der Waals surface area contributed by atoms with Crippen molar-refractivity contribution in [2.45, 2.75) is 19.4 Å². The van der Waals surface area contributed by atoms with E-state index in [4.69, 9.17) is 4.42 Å². The first kappa shape index (κ1) is 17.4. The van der Waals surface area contributed by atoms with Crippen LogP contribution in [-0.4, -0.2) is 16.4 Å². The summed E-state index contributed by atoms with van der Waals surface area (Å²) in [6.07, 6.45) is 0.497. The Morgan fingerprint density at radius 1 is 1.04 bits per heavy atom. The molecule has 0 radical (unpaired) electrons. The van der Waals surface area contributed by atoms with Crippen LogP contribution in [0.3, 0.4) is 0 Å². The molecule has 0 aliphatic rings. The Balaban J connectivity index is 1.48. The molecule has 0 atom stereocenters. The molecule has 0 aliphatic heterocycles. The van der Waals surface area contributed by atoms with Gasteiger partial charge >= 0.3 is 5.76 Å². The number of carbonyl (C=O) groups is 2. The lowest BCUT2D eigenvalue weighted by molar-refractivity contribution is -0.122. The molecule has 134 valence electrons. The SMILES string of the molecule is O=C(CCCn1c(=O)oc2ccccc21)NNC(=O)c1ccc(F)cc1. The van der Waals surface area contributed by atoms with Gasteiger partial charge < -0.3 is 4.42 Å². The van der Waals surface area contributed by atoms with E-state index in [1.165, 1.54) is 16.7 Å². The molecule has 3 aromatic rings. The van der Waals surface area contributed by atoms with Gasteiger partial charge in [0.25, 0.3) is 5.91 Å². The van der Waals surface area contributed by atoms with Crippen molar-refractivity contribution in [3.05, 3.63) is 70.5 Å². The second-order valence-electron chi connectivity index (χ2n) is 5.60. The predicted molar refractivity (Wildman–Crippen MR) is 91.7 cm³/mol. The van der Waals surface area contributed by atoms with Gasteiger partial charge in [0.05, 0.1) is 5.52 Å². The molecule has 1 aromatic heterocycles. The van der Waals surface area contributed by atoms with Crippen LogP contribution in [0.15, 0.2) is 57.7 Å². The van der Waals surface area contributed by atoms with Crippen molar-refractivity contribution >= 4 is 22.9 Å². The minimum Gasteiger partial charge on any atom is -0.408 e. The highest BCUT2D eigenvalue weighted by atomic mass is 19.1. The molecule has 0 bridgehead atoms. The second kappa shape index (κ2) is 7.64. The number of benzene rings is 2. The fourth-order valence-corrected chi connectivity index (χ4v) is 2.49. The molecule has 2 amide bonds. The third-order valence-corrected chi connectivity index (χ3v) is 3.78. The topological polar surface area (TPSA) is 93.3 Å². The number of rotatable bonds is 5. The van der Waals surface area contributed by atoms with E-state index in [1.54, 1.807) is 24.3 Å². The van der Waals surface area contributed by atoms with Crippen LogP contribution in [0.25, 0.3) is 11.1 Å². The number of halogens is 1. The monoisotopic (exact) mass is 357 g/mol. The predicted octanol–water partition coefficient (Wildman–Crippen LogP) is 1.98. The second-order valence-corrected chi connectivity index (χ2v) is 5.60. The van der Waals surface area contributed by atoms with Crippen LogP contribution in [0.1, 0.15) is 23.2 Å². The van der Waals surface area contributed by atoms with Gasteiger partial charge in [-0.05, 0) is 42.8 Å². The number of hydrazine groups is 1. The summed E-state index contributed by atoms with van der Waals surface area (Å²) in [5, 5.41) is 0. The minimum atomic E-state index is -0.546. The van der Waals surface area contributed by atoms with Gasteiger partial charge in [0.2, 0.25) is 5.91 Å². The highest BCUT2D eigenvalue weighted by Crippen LogP contribution is 2.12. The van der Waals surface area contributed by atoms with Crippen LogP contribution in [0.4, 0.5) is 4.39 Å². The molecule has 0 saturated heterocycles. The number of amides is 2. The third kappa shape index (κ3) is 3.97. The fraction of sp³-hybridized carbons (Fsp3) is 0.167. The number of aromatic nitrogens is 1. The maximum absolute atomic E-state index is 12.8. The molecule has 1 heterocycles. The molecule has 2 aromatic carbocycles. The van der Waals surface area contributed by atoms with Gasteiger partial charge in [0.15, 0.2) is 5.58 Å². The van der Waals surface area contributed by atoms with E-state index in [1.807, 2.05) is 0 Å². The number of oxazole rings is 1. The van der Waals surface area contributed by atoms with Crippen LogP contribution < -0.4 is 16.6 Å². The van der Waals surface area contributed by atoms with E-state index in [0.717, 1.165) is 12.1 Å². The number of carbonyl (C=O) groups excluding carboxylic acids is 2. The summed E-state index contributed by atoms with van der Waals surface area (Å²) in [6, 6.07) is 12.0. The molecule has 0 spiro atoms. The normalized spacial score (nSPS) is 10.7. The zero-order valence-electron chi connectivity index (χ0n) is 13.7. The lowest BCUT2D eigenvalue weighted by Crippen LogP contribution is -2.41. The molecule has 0 fully saturated rings. The van der Waals surface area contributed by atoms with E-state index in [0.29, 0.717) is 24.1 Å². The lowest BCUT2D eigenvalue weighted by atomic mass is 10.2. The number of nitrogens with one attached hydrogen (secondary N) is 2. The number of hydrogen-bond acceptors (Lipinski definition) is 4. The standard InChI is InChI=1S/C18H16FN3O4/c19-13-9-7-12(8-10-13)17(24)21-20-16(23)6-3-11-22-14-4-1-2-5-15(14)26-18(22)25/h1-2,4-5,7-10H,3,6,11H2,(H,20,23)(H,21,24). The first-order valence-electron chi connectivity index (χ1n) is 7.98. The smallest absolute Gasteiger partial charge is 0.408 e. The number of fused-ring (bicyclic) bond motifs is 1. The molecule has 0 unspecified atom stereocenters. The van der Waals surface area contributed by atoms with Crippen molar-refractivity contribution in [2.75, 3.05) is 0 Å². The Morgan fingerprint density at radius 2 is 1.77 bits per heavy atom. The fourth-order valence-electron chi connectivity index (χ4n) is 2.49. The molecular formula is C18H16FN3O4. The summed E-state index contributed by atoms with van der Waals surface area (Å²) in [7, 11) is 0. The Labute approximate surface area is 147 Å². The minimum absolute atomic E-state index is 0.107. The molecule has 7 nitrogen and oxygen atoms in total. The zero-order valence-corrected chi connectivity index (χ0v) is 13.7. The summed E-state index contributed by atoms with van der Waals surface area (Å²) in [4.78, 5) is 35.4. The first-order valence-corrected chi connectivity index (χ1v) is 7.98. The van der Waals surface area contributed by atoms with Crippen molar-refractivity contribution in [1.29, 1.82) is 0 Å². The van der Waals surface area contributed by atoms with Gasteiger partial charge in [-0.15, -0.1) is 0 Å². The number of nitrogens with zero attached hydrogens (tertiary/aromatic N) is 1. The average Bonchev–Trinajstić information content (AvgIpc) is 2.96. The Morgan fingerprint density at radius 3 is 2.54 bits per heavy atom. The zero-order chi connectivity index (χ0) is 18.5. The van der Waals surface area contributed by atoms with Crippen LogP contribution in [0.2, 0.25) is 0 Å². The maximum Gasteiger partial charge on any atom is 0.419 e. The van der Waals surface area contributed by atoms with Gasteiger partial charge in [-0.25, -0.2) is 9.18 Å². The summed E-state index contributed by atoms with van der Waals surface area (Å²) < 4.78 is 19.4. The average molecular weight is 357 g/mol. The summed E-state index contributed by atoms with van der Waals surface area (Å²) in [5.41, 5.74) is 5.93. The molecule has 8 heteroatoms. The number of hydrogen-bond donors (Lipinski definition) is 2. The van der Waals surface area contributed by atoms with Gasteiger partial charge in [-0.2, -0.15) is 0 Å². The van der Waals surface area contributed by atoms with Crippen molar-refractivity contribution in [1.82, 2.24) is 15.4 Å². The van der Waals surface area contributed by atoms with Crippen molar-refractivity contribution in [3.8, 4) is 0 Å². The van der Waals surface area contributed by atoms with Gasteiger partial charge in [-0.3, -0.25) is 25.0 Å². The number of para-hydroxylation sites is 2. The Kier molecular flexibility index (Phi) is 5.12. The van der Waals surface area contributed by atoms with E-state index < -0.39 is 23.4 Å².